The van der Waals surface area contributed by atoms with Gasteiger partial charge < -0.3 is 14.8 Å². The summed E-state index contributed by atoms with van der Waals surface area (Å²) < 4.78 is 11.9. The van der Waals surface area contributed by atoms with Crippen molar-refractivity contribution in [2.45, 2.75) is 20.0 Å². The molecule has 2 aromatic rings. The monoisotopic (exact) mass is 363 g/mol. The molecule has 0 fully saturated rings. The van der Waals surface area contributed by atoms with Crippen LogP contribution in [0.25, 0.3) is 0 Å². The largest absolute Gasteiger partial charge is 0.494 e. The number of hydrogen-bond donors (Lipinski definition) is 1. The molecular weight excluding hydrogens is 346 g/mol. The van der Waals surface area contributed by atoms with Crippen LogP contribution < -0.4 is 14.8 Å². The summed E-state index contributed by atoms with van der Waals surface area (Å²) in [4.78, 5) is 12.1. The molecule has 116 valence electrons. The van der Waals surface area contributed by atoms with Crippen molar-refractivity contribution in [3.05, 3.63) is 53.0 Å². The van der Waals surface area contributed by atoms with Crippen LogP contribution in [0.5, 0.6) is 11.5 Å². The molecule has 0 aromatic heterocycles. The van der Waals surface area contributed by atoms with Crippen molar-refractivity contribution in [1.29, 1.82) is 0 Å². The van der Waals surface area contributed by atoms with E-state index in [0.717, 1.165) is 10.2 Å². The van der Waals surface area contributed by atoms with Crippen molar-refractivity contribution in [2.24, 2.45) is 0 Å². The van der Waals surface area contributed by atoms with Gasteiger partial charge in [0, 0.05) is 10.2 Å². The number of benzene rings is 2. The third-order valence-electron chi connectivity index (χ3n) is 2.93. The van der Waals surface area contributed by atoms with E-state index in [1.807, 2.05) is 43.3 Å². The Morgan fingerprint density at radius 1 is 1.09 bits per heavy atom. The number of ether oxygens (including phenoxy) is 2. The molecule has 1 atom stereocenters. The van der Waals surface area contributed by atoms with E-state index in [2.05, 4.69) is 21.2 Å². The van der Waals surface area contributed by atoms with Gasteiger partial charge in [-0.05, 0) is 62.4 Å². The second-order valence-electron chi connectivity index (χ2n) is 4.66. The Balaban J connectivity index is 1.91. The number of hydrogen-bond acceptors (Lipinski definition) is 3. The molecule has 22 heavy (non-hydrogen) atoms. The average Bonchev–Trinajstić information content (AvgIpc) is 2.51. The second kappa shape index (κ2) is 7.84. The SMILES string of the molecule is CCOc1ccc(NC(=O)C(C)Oc2ccc(Br)cc2)cc1. The summed E-state index contributed by atoms with van der Waals surface area (Å²) in [6, 6.07) is 14.6. The smallest absolute Gasteiger partial charge is 0.265 e. The highest BCUT2D eigenvalue weighted by Gasteiger charge is 2.14. The van der Waals surface area contributed by atoms with Gasteiger partial charge in [0.15, 0.2) is 6.10 Å². The van der Waals surface area contributed by atoms with Gasteiger partial charge in [-0.1, -0.05) is 15.9 Å². The summed E-state index contributed by atoms with van der Waals surface area (Å²) in [7, 11) is 0. The Labute approximate surface area is 138 Å². The number of carbonyl (C=O) groups is 1. The molecule has 0 aliphatic carbocycles. The zero-order valence-corrected chi connectivity index (χ0v) is 14.1. The summed E-state index contributed by atoms with van der Waals surface area (Å²) >= 11 is 3.36. The van der Waals surface area contributed by atoms with E-state index in [1.54, 1.807) is 19.1 Å². The van der Waals surface area contributed by atoms with Crippen LogP contribution in [0.4, 0.5) is 5.69 Å². The average molecular weight is 364 g/mol. The first-order valence-electron chi connectivity index (χ1n) is 7.04. The molecule has 1 amide bonds. The van der Waals surface area contributed by atoms with Crippen LogP contribution in [0.2, 0.25) is 0 Å². The molecule has 0 aliphatic heterocycles. The van der Waals surface area contributed by atoms with Gasteiger partial charge >= 0.3 is 0 Å². The van der Waals surface area contributed by atoms with Gasteiger partial charge in [-0.2, -0.15) is 0 Å². The highest BCUT2D eigenvalue weighted by atomic mass is 79.9. The van der Waals surface area contributed by atoms with Crippen LogP contribution in [0.1, 0.15) is 13.8 Å². The fraction of sp³-hybridized carbons (Fsp3) is 0.235. The van der Waals surface area contributed by atoms with Crippen LogP contribution in [0.3, 0.4) is 0 Å². The molecule has 1 unspecified atom stereocenters. The Morgan fingerprint density at radius 2 is 1.68 bits per heavy atom. The first-order valence-corrected chi connectivity index (χ1v) is 7.83. The molecule has 2 rings (SSSR count). The third-order valence-corrected chi connectivity index (χ3v) is 3.46. The highest BCUT2D eigenvalue weighted by molar-refractivity contribution is 9.10. The third kappa shape index (κ3) is 4.77. The zero-order chi connectivity index (χ0) is 15.9. The minimum Gasteiger partial charge on any atom is -0.494 e. The van der Waals surface area contributed by atoms with Crippen LogP contribution in [0, 0.1) is 0 Å². The van der Waals surface area contributed by atoms with Gasteiger partial charge in [-0.25, -0.2) is 0 Å². The van der Waals surface area contributed by atoms with Gasteiger partial charge in [0.25, 0.3) is 5.91 Å². The lowest BCUT2D eigenvalue weighted by Crippen LogP contribution is -2.30. The van der Waals surface area contributed by atoms with Gasteiger partial charge in [0.1, 0.15) is 11.5 Å². The Kier molecular flexibility index (Phi) is 5.83. The highest BCUT2D eigenvalue weighted by Crippen LogP contribution is 2.19. The number of rotatable bonds is 6. The number of anilines is 1. The van der Waals surface area contributed by atoms with Gasteiger partial charge in [-0.15, -0.1) is 0 Å². The lowest BCUT2D eigenvalue weighted by Gasteiger charge is -2.15. The first kappa shape index (κ1) is 16.4. The van der Waals surface area contributed by atoms with Crippen molar-refractivity contribution in [2.75, 3.05) is 11.9 Å². The molecule has 0 bridgehead atoms. The van der Waals surface area contributed by atoms with E-state index in [4.69, 9.17) is 9.47 Å². The molecule has 5 heteroatoms. The van der Waals surface area contributed by atoms with Gasteiger partial charge in [0.05, 0.1) is 6.61 Å². The zero-order valence-electron chi connectivity index (χ0n) is 12.5. The van der Waals surface area contributed by atoms with Gasteiger partial charge in [0.2, 0.25) is 0 Å². The maximum atomic E-state index is 12.1. The fourth-order valence-electron chi connectivity index (χ4n) is 1.82. The Bertz CT molecular complexity index is 611. The van der Waals surface area contributed by atoms with Crippen LogP contribution in [0.15, 0.2) is 53.0 Å². The molecule has 0 aliphatic rings. The van der Waals surface area contributed by atoms with E-state index < -0.39 is 6.10 Å². The quantitative estimate of drug-likeness (QED) is 0.834. The number of nitrogens with one attached hydrogen (secondary N) is 1. The van der Waals surface area contributed by atoms with E-state index >= 15 is 0 Å². The van der Waals surface area contributed by atoms with Crippen molar-refractivity contribution >= 4 is 27.5 Å². The molecule has 0 spiro atoms. The van der Waals surface area contributed by atoms with Crippen LogP contribution >= 0.6 is 15.9 Å². The van der Waals surface area contributed by atoms with Crippen molar-refractivity contribution < 1.29 is 14.3 Å². The predicted molar refractivity (Wildman–Crippen MR) is 90.5 cm³/mol. The summed E-state index contributed by atoms with van der Waals surface area (Å²) in [6.45, 7) is 4.26. The maximum Gasteiger partial charge on any atom is 0.265 e. The molecule has 2 aromatic carbocycles. The molecule has 4 nitrogen and oxygen atoms in total. The molecule has 1 N–H and O–H groups in total. The number of carbonyl (C=O) groups excluding carboxylic acids is 1. The van der Waals surface area contributed by atoms with E-state index in [-0.39, 0.29) is 5.91 Å². The van der Waals surface area contributed by atoms with E-state index in [9.17, 15) is 4.79 Å². The van der Waals surface area contributed by atoms with Crippen LogP contribution in [-0.4, -0.2) is 18.6 Å². The fourth-order valence-corrected chi connectivity index (χ4v) is 2.08. The van der Waals surface area contributed by atoms with Crippen molar-refractivity contribution in [1.82, 2.24) is 0 Å². The molecular formula is C17H18BrNO3. The minimum atomic E-state index is -0.590. The second-order valence-corrected chi connectivity index (χ2v) is 5.58. The molecule has 0 radical (unpaired) electrons. The number of amides is 1. The molecule has 0 saturated heterocycles. The lowest BCUT2D eigenvalue weighted by atomic mass is 10.2. The standard InChI is InChI=1S/C17H18BrNO3/c1-3-21-15-10-6-14(7-11-15)19-17(20)12(2)22-16-8-4-13(18)5-9-16/h4-12H,3H2,1-2H3,(H,19,20). The van der Waals surface area contributed by atoms with E-state index in [1.165, 1.54) is 0 Å². The van der Waals surface area contributed by atoms with Crippen molar-refractivity contribution in [3.8, 4) is 11.5 Å². The Morgan fingerprint density at radius 3 is 2.27 bits per heavy atom. The van der Waals surface area contributed by atoms with Crippen molar-refractivity contribution in [3.63, 3.8) is 0 Å². The number of halogens is 1. The summed E-state index contributed by atoms with van der Waals surface area (Å²) in [5, 5.41) is 2.81. The summed E-state index contributed by atoms with van der Waals surface area (Å²) in [6.07, 6.45) is -0.590. The topological polar surface area (TPSA) is 47.6 Å². The maximum absolute atomic E-state index is 12.1. The lowest BCUT2D eigenvalue weighted by molar-refractivity contribution is -0.122. The predicted octanol–water partition coefficient (Wildman–Crippen LogP) is 4.25. The Hall–Kier alpha value is -2.01. The van der Waals surface area contributed by atoms with E-state index in [0.29, 0.717) is 18.0 Å². The summed E-state index contributed by atoms with van der Waals surface area (Å²) in [5.41, 5.74) is 0.708. The van der Waals surface area contributed by atoms with Crippen LogP contribution in [-0.2, 0) is 4.79 Å². The molecule has 0 saturated carbocycles. The summed E-state index contributed by atoms with van der Waals surface area (Å²) in [5.74, 6) is 1.23. The first-order chi connectivity index (χ1) is 10.6. The van der Waals surface area contributed by atoms with Gasteiger partial charge in [-0.3, -0.25) is 4.79 Å². The molecule has 0 heterocycles. The minimum absolute atomic E-state index is 0.202. The normalized spacial score (nSPS) is 11.6.